The second kappa shape index (κ2) is 10.8. The van der Waals surface area contributed by atoms with Crippen LogP contribution in [0.1, 0.15) is 76.8 Å². The summed E-state index contributed by atoms with van der Waals surface area (Å²) in [5.74, 6) is 0. The first kappa shape index (κ1) is 18.2. The van der Waals surface area contributed by atoms with Gasteiger partial charge in [0, 0.05) is 12.6 Å². The van der Waals surface area contributed by atoms with Gasteiger partial charge in [0.15, 0.2) is 0 Å². The predicted octanol–water partition coefficient (Wildman–Crippen LogP) is 5.96. The molecule has 0 aliphatic rings. The van der Waals surface area contributed by atoms with E-state index in [1.807, 2.05) is 0 Å². The van der Waals surface area contributed by atoms with Crippen LogP contribution in [0.2, 0.25) is 0 Å². The molecule has 0 heterocycles. The highest BCUT2D eigenvalue weighted by Gasteiger charge is 2.12. The van der Waals surface area contributed by atoms with E-state index >= 15 is 0 Å². The van der Waals surface area contributed by atoms with E-state index in [1.54, 1.807) is 0 Å². The summed E-state index contributed by atoms with van der Waals surface area (Å²) in [6.45, 7) is 11.4. The van der Waals surface area contributed by atoms with Crippen LogP contribution in [-0.4, -0.2) is 17.5 Å². The Morgan fingerprint density at radius 2 is 1.71 bits per heavy atom. The van der Waals surface area contributed by atoms with E-state index < -0.39 is 0 Å². The van der Waals surface area contributed by atoms with Crippen molar-refractivity contribution in [1.82, 2.24) is 4.90 Å². The van der Waals surface area contributed by atoms with Crippen molar-refractivity contribution < 1.29 is 0 Å². The highest BCUT2D eigenvalue weighted by atomic mass is 15.1. The lowest BCUT2D eigenvalue weighted by Crippen LogP contribution is -2.32. The Morgan fingerprint density at radius 3 is 2.38 bits per heavy atom. The third-order valence-corrected chi connectivity index (χ3v) is 4.47. The van der Waals surface area contributed by atoms with E-state index in [-0.39, 0.29) is 0 Å². The topological polar surface area (TPSA) is 3.24 Å². The molecule has 0 bridgehead atoms. The molecule has 0 N–H and O–H groups in total. The number of unbranched alkanes of at least 4 members (excludes halogenated alkanes) is 5. The van der Waals surface area contributed by atoms with Gasteiger partial charge in [0.05, 0.1) is 0 Å². The first-order valence-corrected chi connectivity index (χ1v) is 8.97. The van der Waals surface area contributed by atoms with Crippen molar-refractivity contribution in [1.29, 1.82) is 0 Å². The van der Waals surface area contributed by atoms with Crippen LogP contribution < -0.4 is 0 Å². The van der Waals surface area contributed by atoms with Gasteiger partial charge in [-0.3, -0.25) is 4.90 Å². The molecular weight excluding hydrogens is 254 g/mol. The van der Waals surface area contributed by atoms with E-state index in [0.717, 1.165) is 13.1 Å². The van der Waals surface area contributed by atoms with Crippen LogP contribution in [0, 0.1) is 6.92 Å². The van der Waals surface area contributed by atoms with E-state index in [2.05, 4.69) is 56.9 Å². The van der Waals surface area contributed by atoms with Gasteiger partial charge >= 0.3 is 0 Å². The molecule has 120 valence electrons. The molecule has 0 amide bonds. The maximum atomic E-state index is 2.61. The van der Waals surface area contributed by atoms with Gasteiger partial charge in [-0.15, -0.1) is 0 Å². The summed E-state index contributed by atoms with van der Waals surface area (Å²) in [6.07, 6.45) is 9.73. The van der Waals surface area contributed by atoms with Gasteiger partial charge in [-0.2, -0.15) is 0 Å². The Balaban J connectivity index is 2.30. The van der Waals surface area contributed by atoms with Gasteiger partial charge in [0.2, 0.25) is 0 Å². The molecule has 0 radical (unpaired) electrons. The fourth-order valence-corrected chi connectivity index (χ4v) is 3.03. The van der Waals surface area contributed by atoms with Crippen molar-refractivity contribution in [2.75, 3.05) is 6.54 Å². The number of hydrogen-bond acceptors (Lipinski definition) is 1. The van der Waals surface area contributed by atoms with Crippen molar-refractivity contribution in [3.63, 3.8) is 0 Å². The summed E-state index contributed by atoms with van der Waals surface area (Å²) in [5.41, 5.74) is 2.82. The number of rotatable bonds is 11. The number of aryl methyl sites for hydroxylation is 1. The van der Waals surface area contributed by atoms with Crippen molar-refractivity contribution >= 4 is 0 Å². The Labute approximate surface area is 132 Å². The number of hydrogen-bond donors (Lipinski definition) is 0. The minimum Gasteiger partial charge on any atom is -0.297 e. The molecule has 1 atom stereocenters. The van der Waals surface area contributed by atoms with Crippen molar-refractivity contribution in [2.45, 2.75) is 85.2 Å². The molecule has 1 heteroatoms. The summed E-state index contributed by atoms with van der Waals surface area (Å²) in [7, 11) is 0. The second-order valence-electron chi connectivity index (χ2n) is 6.46. The molecule has 0 spiro atoms. The molecule has 0 aromatic heterocycles. The average Bonchev–Trinajstić information content (AvgIpc) is 2.48. The SMILES string of the molecule is CCCCCCCCC(C)N(CC)Cc1cccc(C)c1. The molecular formula is C20H35N. The highest BCUT2D eigenvalue weighted by Crippen LogP contribution is 2.15. The van der Waals surface area contributed by atoms with Gasteiger partial charge < -0.3 is 0 Å². The van der Waals surface area contributed by atoms with Crippen molar-refractivity contribution in [3.05, 3.63) is 35.4 Å². The summed E-state index contributed by atoms with van der Waals surface area (Å²) in [5, 5.41) is 0. The smallest absolute Gasteiger partial charge is 0.0236 e. The number of nitrogens with zero attached hydrogens (tertiary/aromatic N) is 1. The molecule has 1 unspecified atom stereocenters. The quantitative estimate of drug-likeness (QED) is 0.455. The van der Waals surface area contributed by atoms with Crippen LogP contribution >= 0.6 is 0 Å². The van der Waals surface area contributed by atoms with Crippen molar-refractivity contribution in [3.8, 4) is 0 Å². The molecule has 1 aromatic carbocycles. The minimum atomic E-state index is 0.696. The molecule has 0 saturated carbocycles. The molecule has 21 heavy (non-hydrogen) atoms. The lowest BCUT2D eigenvalue weighted by molar-refractivity contribution is 0.197. The Kier molecular flexibility index (Phi) is 9.41. The number of benzene rings is 1. The lowest BCUT2D eigenvalue weighted by atomic mass is 10.0. The molecule has 1 nitrogen and oxygen atoms in total. The van der Waals surface area contributed by atoms with E-state index in [4.69, 9.17) is 0 Å². The summed E-state index contributed by atoms with van der Waals surface area (Å²) >= 11 is 0. The zero-order chi connectivity index (χ0) is 15.5. The minimum absolute atomic E-state index is 0.696. The molecule has 0 fully saturated rings. The van der Waals surface area contributed by atoms with Crippen LogP contribution in [0.25, 0.3) is 0 Å². The molecule has 1 aromatic rings. The molecule has 0 aliphatic carbocycles. The molecule has 0 saturated heterocycles. The predicted molar refractivity (Wildman–Crippen MR) is 94.7 cm³/mol. The van der Waals surface area contributed by atoms with Crippen LogP contribution in [-0.2, 0) is 6.54 Å². The van der Waals surface area contributed by atoms with Gasteiger partial charge in [-0.25, -0.2) is 0 Å². The Hall–Kier alpha value is -0.820. The van der Waals surface area contributed by atoms with Gasteiger partial charge in [0.25, 0.3) is 0 Å². The first-order chi connectivity index (χ1) is 10.2. The molecule has 1 rings (SSSR count). The monoisotopic (exact) mass is 289 g/mol. The standard InChI is InChI=1S/C20H35N/c1-5-7-8-9-10-11-14-19(4)21(6-2)17-20-15-12-13-18(3)16-20/h12-13,15-16,19H,5-11,14,17H2,1-4H3. The normalized spacial score (nSPS) is 12.8. The highest BCUT2D eigenvalue weighted by molar-refractivity contribution is 5.22. The van der Waals surface area contributed by atoms with E-state index in [9.17, 15) is 0 Å². The fraction of sp³-hybridized carbons (Fsp3) is 0.700. The average molecular weight is 290 g/mol. The summed E-state index contributed by atoms with van der Waals surface area (Å²) in [6, 6.07) is 9.63. The van der Waals surface area contributed by atoms with Crippen molar-refractivity contribution in [2.24, 2.45) is 0 Å². The van der Waals surface area contributed by atoms with Gasteiger partial charge in [0.1, 0.15) is 0 Å². The maximum Gasteiger partial charge on any atom is 0.0236 e. The van der Waals surface area contributed by atoms with Crippen LogP contribution in [0.5, 0.6) is 0 Å². The van der Waals surface area contributed by atoms with Gasteiger partial charge in [-0.05, 0) is 32.4 Å². The second-order valence-corrected chi connectivity index (χ2v) is 6.46. The van der Waals surface area contributed by atoms with E-state index in [1.165, 1.54) is 56.1 Å². The third-order valence-electron chi connectivity index (χ3n) is 4.47. The summed E-state index contributed by atoms with van der Waals surface area (Å²) in [4.78, 5) is 2.61. The van der Waals surface area contributed by atoms with Crippen LogP contribution in [0.4, 0.5) is 0 Å². The Morgan fingerprint density at radius 1 is 1.00 bits per heavy atom. The van der Waals surface area contributed by atoms with Crippen LogP contribution in [0.3, 0.4) is 0 Å². The van der Waals surface area contributed by atoms with E-state index in [0.29, 0.717) is 6.04 Å². The zero-order valence-electron chi connectivity index (χ0n) is 14.7. The third kappa shape index (κ3) is 7.66. The van der Waals surface area contributed by atoms with Gasteiger partial charge in [-0.1, -0.05) is 82.2 Å². The Bertz CT molecular complexity index is 372. The zero-order valence-corrected chi connectivity index (χ0v) is 14.7. The maximum absolute atomic E-state index is 2.61. The molecule has 0 aliphatic heterocycles. The summed E-state index contributed by atoms with van der Waals surface area (Å²) < 4.78 is 0. The van der Waals surface area contributed by atoms with Crippen LogP contribution in [0.15, 0.2) is 24.3 Å². The fourth-order valence-electron chi connectivity index (χ4n) is 3.03. The largest absolute Gasteiger partial charge is 0.297 e. The first-order valence-electron chi connectivity index (χ1n) is 8.97. The lowest BCUT2D eigenvalue weighted by Gasteiger charge is -2.28.